The minimum absolute atomic E-state index is 0.265. The molecule has 1 rings (SSSR count). The zero-order chi connectivity index (χ0) is 7.94. The van der Waals surface area contributed by atoms with E-state index < -0.39 is 5.97 Å². The molecule has 0 aromatic rings. The highest BCUT2D eigenvalue weighted by atomic mass is 35.9. The Hall–Kier alpha value is 1.36. The van der Waals surface area contributed by atoms with Gasteiger partial charge < -0.3 is 0 Å². The van der Waals surface area contributed by atoms with Gasteiger partial charge >= 0.3 is 0 Å². The zero-order valence-corrected chi connectivity index (χ0v) is 9.09. The minimum Gasteiger partial charge on any atom is -0.0787 e. The molecule has 1 aliphatic heterocycles. The van der Waals surface area contributed by atoms with E-state index in [2.05, 4.69) is 0 Å². The van der Waals surface area contributed by atoms with Crippen molar-refractivity contribution in [3.8, 4) is 0 Å². The molecular weight excluding hydrogens is 256 g/mol. The Morgan fingerprint density at radius 1 is 1.10 bits per heavy atom. The Balaban J connectivity index is 3.12. The second-order valence-corrected chi connectivity index (χ2v) is 8.60. The molecule has 0 aliphatic carbocycles. The summed E-state index contributed by atoms with van der Waals surface area (Å²) in [5.74, 6) is -0.845. The van der Waals surface area contributed by atoms with Crippen molar-refractivity contribution >= 4 is 63.3 Å². The van der Waals surface area contributed by atoms with Crippen molar-refractivity contribution in [2.75, 3.05) is 0 Å². The second kappa shape index (κ2) is 3.01. The summed E-state index contributed by atoms with van der Waals surface area (Å²) >= 11 is 28.3. The first-order valence-corrected chi connectivity index (χ1v) is 6.98. The van der Waals surface area contributed by atoms with Gasteiger partial charge in [-0.3, -0.25) is 0 Å². The Kier molecular flexibility index (Phi) is 2.85. The van der Waals surface area contributed by atoms with Gasteiger partial charge in [0.1, 0.15) is 38.4 Å². The van der Waals surface area contributed by atoms with E-state index in [4.69, 9.17) is 57.3 Å². The average Bonchev–Trinajstić information content (AvgIpc) is 1.95. The lowest BCUT2D eigenvalue weighted by molar-refractivity contribution is 1.92. The lowest BCUT2D eigenvalue weighted by Crippen LogP contribution is -1.65. The Bertz CT molecular complexity index is 228. The van der Waals surface area contributed by atoms with Crippen LogP contribution < -0.4 is 0 Å². The van der Waals surface area contributed by atoms with Gasteiger partial charge in [0.25, 0.3) is 5.97 Å². The van der Waals surface area contributed by atoms with Crippen molar-refractivity contribution in [3.05, 3.63) is 20.7 Å². The number of hydrogen-bond donors (Lipinski definition) is 0. The molecule has 6 heteroatoms. The summed E-state index contributed by atoms with van der Waals surface area (Å²) in [5, 5.41) is 0.603. The largest absolute Gasteiger partial charge is 0.283 e. The van der Waals surface area contributed by atoms with Crippen LogP contribution in [0.2, 0.25) is 0 Å². The molecule has 0 bridgehead atoms. The molecule has 1 heterocycles. The average molecular weight is 257 g/mol. The van der Waals surface area contributed by atoms with E-state index in [0.717, 1.165) is 0 Å². The standard InChI is InChI=1S/C4HCl5P/c5-2-1-10(8,9)4(7)3(2)6/h1H/q+1. The first-order valence-electron chi connectivity index (χ1n) is 2.18. The fraction of sp³-hybridized carbons (Fsp3) is 0. The topological polar surface area (TPSA) is 0 Å². The van der Waals surface area contributed by atoms with Gasteiger partial charge in [0.05, 0.1) is 0 Å². The Labute approximate surface area is 83.6 Å². The highest BCUT2D eigenvalue weighted by Crippen LogP contribution is 2.82. The van der Waals surface area contributed by atoms with Crippen LogP contribution in [0.4, 0.5) is 0 Å². The normalized spacial score (nSPS) is 23.5. The van der Waals surface area contributed by atoms with Gasteiger partial charge in [-0.25, -0.2) is 0 Å². The third-order valence-corrected chi connectivity index (χ3v) is 6.53. The van der Waals surface area contributed by atoms with Crippen molar-refractivity contribution in [2.45, 2.75) is 0 Å². The highest BCUT2D eigenvalue weighted by Gasteiger charge is 2.46. The Morgan fingerprint density at radius 2 is 1.60 bits per heavy atom. The van der Waals surface area contributed by atoms with Crippen molar-refractivity contribution in [1.29, 1.82) is 0 Å². The van der Waals surface area contributed by atoms with E-state index in [1.165, 1.54) is 5.82 Å². The fourth-order valence-corrected chi connectivity index (χ4v) is 4.47. The molecule has 0 amide bonds. The number of halogens is 5. The summed E-state index contributed by atoms with van der Waals surface area (Å²) < 4.78 is 0.266. The van der Waals surface area contributed by atoms with E-state index in [0.29, 0.717) is 5.03 Å². The molecule has 1 aliphatic rings. The van der Waals surface area contributed by atoms with Gasteiger partial charge in [-0.15, -0.1) is 0 Å². The summed E-state index contributed by atoms with van der Waals surface area (Å²) in [7, 11) is 0. The summed E-state index contributed by atoms with van der Waals surface area (Å²) in [6.07, 6.45) is 0. The van der Waals surface area contributed by atoms with Crippen molar-refractivity contribution in [3.63, 3.8) is 0 Å². The smallest absolute Gasteiger partial charge is 0.0787 e. The summed E-state index contributed by atoms with van der Waals surface area (Å²) in [6, 6.07) is 0. The number of hydrogen-bond acceptors (Lipinski definition) is 0. The van der Waals surface area contributed by atoms with E-state index in [9.17, 15) is 0 Å². The molecule has 0 unspecified atom stereocenters. The molecule has 0 radical (unpaired) electrons. The van der Waals surface area contributed by atoms with E-state index >= 15 is 0 Å². The lowest BCUT2D eigenvalue weighted by atomic mass is 10.6. The summed E-state index contributed by atoms with van der Waals surface area (Å²) in [4.78, 5) is 0. The van der Waals surface area contributed by atoms with E-state index in [1.54, 1.807) is 0 Å². The molecule has 10 heavy (non-hydrogen) atoms. The summed E-state index contributed by atoms with van der Waals surface area (Å²) in [6.45, 7) is 0. The Morgan fingerprint density at radius 3 is 1.70 bits per heavy atom. The van der Waals surface area contributed by atoms with Crippen LogP contribution in [0.1, 0.15) is 0 Å². The van der Waals surface area contributed by atoms with E-state index in [-0.39, 0.29) is 9.81 Å². The lowest BCUT2D eigenvalue weighted by Gasteiger charge is -1.94. The zero-order valence-electron chi connectivity index (χ0n) is 4.41. The molecule has 0 spiro atoms. The van der Waals surface area contributed by atoms with Gasteiger partial charge in [-0.2, -0.15) is 0 Å². The maximum Gasteiger partial charge on any atom is 0.283 e. The SMILES string of the molecule is ClC1=C[P+](Cl)(Cl)C(Cl)=C1Cl. The number of allylic oxidation sites excluding steroid dienone is 2. The molecule has 0 atom stereocenters. The van der Waals surface area contributed by atoms with Crippen LogP contribution in [-0.4, -0.2) is 0 Å². The third kappa shape index (κ3) is 1.58. The summed E-state index contributed by atoms with van der Waals surface area (Å²) in [5.41, 5.74) is 0. The van der Waals surface area contributed by atoms with Gasteiger partial charge in [0.15, 0.2) is 0 Å². The first-order chi connectivity index (χ1) is 4.45. The molecule has 0 saturated carbocycles. The van der Waals surface area contributed by atoms with Gasteiger partial charge in [-0.05, 0) is 11.6 Å². The quantitative estimate of drug-likeness (QED) is 0.532. The highest BCUT2D eigenvalue weighted by molar-refractivity contribution is 8.23. The molecule has 0 nitrogen and oxygen atoms in total. The molecule has 0 aromatic carbocycles. The van der Waals surface area contributed by atoms with Gasteiger partial charge in [0, 0.05) is 0 Å². The van der Waals surface area contributed by atoms with Crippen LogP contribution in [0.25, 0.3) is 0 Å². The van der Waals surface area contributed by atoms with Crippen molar-refractivity contribution in [2.24, 2.45) is 0 Å². The maximum absolute atomic E-state index is 5.75. The molecule has 0 saturated heterocycles. The van der Waals surface area contributed by atoms with Crippen LogP contribution in [-0.2, 0) is 0 Å². The third-order valence-electron chi connectivity index (χ3n) is 0.928. The minimum atomic E-state index is -2.33. The van der Waals surface area contributed by atoms with Gasteiger partial charge in [-0.1, -0.05) is 23.2 Å². The van der Waals surface area contributed by atoms with Gasteiger partial charge in [0.2, 0.25) is 4.77 Å². The monoisotopic (exact) mass is 255 g/mol. The molecule has 0 fully saturated rings. The molecule has 0 aromatic heterocycles. The predicted octanol–water partition coefficient (Wildman–Crippen LogP) is 5.05. The maximum atomic E-state index is 5.75. The van der Waals surface area contributed by atoms with Crippen molar-refractivity contribution in [1.82, 2.24) is 0 Å². The van der Waals surface area contributed by atoms with Crippen LogP contribution >= 0.6 is 63.3 Å². The van der Waals surface area contributed by atoms with Crippen LogP contribution in [0.15, 0.2) is 20.7 Å². The fourth-order valence-electron chi connectivity index (χ4n) is 0.485. The molecular formula is C4HCl5P+. The molecule has 56 valence electrons. The van der Waals surface area contributed by atoms with Crippen LogP contribution in [0.5, 0.6) is 0 Å². The first kappa shape index (κ1) is 9.45. The van der Waals surface area contributed by atoms with E-state index in [1.807, 2.05) is 0 Å². The molecule has 0 N–H and O–H groups in total. The second-order valence-electron chi connectivity index (χ2n) is 1.64. The number of rotatable bonds is 0. The van der Waals surface area contributed by atoms with Crippen LogP contribution in [0, 0.1) is 0 Å². The predicted molar refractivity (Wildman–Crippen MR) is 51.3 cm³/mol. The van der Waals surface area contributed by atoms with Crippen LogP contribution in [0.3, 0.4) is 0 Å². The van der Waals surface area contributed by atoms with Crippen molar-refractivity contribution < 1.29 is 0 Å².